The van der Waals surface area contributed by atoms with Crippen molar-refractivity contribution in [3.8, 4) is 5.75 Å². The van der Waals surface area contributed by atoms with Gasteiger partial charge in [0.25, 0.3) is 0 Å². The van der Waals surface area contributed by atoms with Crippen molar-refractivity contribution in [2.24, 2.45) is 5.41 Å². The highest BCUT2D eigenvalue weighted by Crippen LogP contribution is 2.38. The van der Waals surface area contributed by atoms with Gasteiger partial charge in [-0.05, 0) is 30.9 Å². The second-order valence-electron chi connectivity index (χ2n) is 5.87. The zero-order valence-electron chi connectivity index (χ0n) is 11.1. The van der Waals surface area contributed by atoms with Crippen molar-refractivity contribution in [2.75, 3.05) is 13.1 Å². The predicted molar refractivity (Wildman–Crippen MR) is 71.1 cm³/mol. The molecule has 1 aromatic rings. The molecule has 94 valence electrons. The van der Waals surface area contributed by atoms with Gasteiger partial charge in [0, 0.05) is 18.2 Å². The van der Waals surface area contributed by atoms with E-state index in [1.54, 1.807) is 6.07 Å². The van der Waals surface area contributed by atoms with Crippen LogP contribution in [-0.2, 0) is 0 Å². The molecule has 1 fully saturated rings. The molecule has 1 atom stereocenters. The van der Waals surface area contributed by atoms with Crippen LogP contribution in [0.15, 0.2) is 24.3 Å². The predicted octanol–water partition coefficient (Wildman–Crippen LogP) is 3.58. The summed E-state index contributed by atoms with van der Waals surface area (Å²) in [7, 11) is 0. The number of para-hydroxylation sites is 1. The van der Waals surface area contributed by atoms with Gasteiger partial charge in [0.1, 0.15) is 5.75 Å². The van der Waals surface area contributed by atoms with Crippen molar-refractivity contribution < 1.29 is 5.11 Å². The van der Waals surface area contributed by atoms with Crippen molar-refractivity contribution in [3.63, 3.8) is 0 Å². The summed E-state index contributed by atoms with van der Waals surface area (Å²) in [6, 6.07) is 8.10. The van der Waals surface area contributed by atoms with E-state index in [0.717, 1.165) is 25.1 Å². The Morgan fingerprint density at radius 1 is 1.35 bits per heavy atom. The van der Waals surface area contributed by atoms with Crippen LogP contribution in [-0.4, -0.2) is 23.1 Å². The number of hydrogen-bond acceptors (Lipinski definition) is 2. The summed E-state index contributed by atoms with van der Waals surface area (Å²) in [6.45, 7) is 9.11. The molecule has 2 heteroatoms. The number of likely N-dealkylation sites (tertiary alicyclic amines) is 1. The maximum atomic E-state index is 9.98. The zero-order valence-corrected chi connectivity index (χ0v) is 11.1. The second kappa shape index (κ2) is 4.69. The van der Waals surface area contributed by atoms with Gasteiger partial charge in [-0.1, -0.05) is 39.0 Å². The molecule has 1 unspecified atom stereocenters. The van der Waals surface area contributed by atoms with E-state index in [0.29, 0.717) is 17.2 Å². The third kappa shape index (κ3) is 2.63. The van der Waals surface area contributed by atoms with Crippen LogP contribution in [0.3, 0.4) is 0 Å². The Morgan fingerprint density at radius 3 is 2.59 bits per heavy atom. The van der Waals surface area contributed by atoms with E-state index in [-0.39, 0.29) is 0 Å². The lowest BCUT2D eigenvalue weighted by atomic mass is 9.93. The summed E-state index contributed by atoms with van der Waals surface area (Å²) in [5, 5.41) is 9.98. The largest absolute Gasteiger partial charge is 0.508 e. The Bertz CT molecular complexity index is 386. The molecule has 0 saturated carbocycles. The highest BCUT2D eigenvalue weighted by molar-refractivity contribution is 5.34. The van der Waals surface area contributed by atoms with Crippen LogP contribution in [0.5, 0.6) is 5.75 Å². The smallest absolute Gasteiger partial charge is 0.120 e. The molecular formula is C15H23NO. The molecule has 1 aliphatic heterocycles. The first-order chi connectivity index (χ1) is 8.03. The van der Waals surface area contributed by atoms with E-state index < -0.39 is 0 Å². The molecule has 2 nitrogen and oxygen atoms in total. The third-order valence-corrected chi connectivity index (χ3v) is 3.83. The second-order valence-corrected chi connectivity index (χ2v) is 5.87. The van der Waals surface area contributed by atoms with Crippen LogP contribution in [0.4, 0.5) is 0 Å². The average Bonchev–Trinajstić information content (AvgIpc) is 2.63. The minimum atomic E-state index is 0.359. The lowest BCUT2D eigenvalue weighted by Gasteiger charge is -2.29. The van der Waals surface area contributed by atoms with E-state index in [4.69, 9.17) is 0 Å². The van der Waals surface area contributed by atoms with Gasteiger partial charge >= 0.3 is 0 Å². The van der Waals surface area contributed by atoms with E-state index in [2.05, 4.69) is 31.7 Å². The van der Waals surface area contributed by atoms with Crippen molar-refractivity contribution in [1.29, 1.82) is 0 Å². The number of rotatable bonds is 3. The first-order valence-electron chi connectivity index (χ1n) is 6.55. The molecule has 0 amide bonds. The van der Waals surface area contributed by atoms with Crippen LogP contribution in [0, 0.1) is 5.41 Å². The first-order valence-corrected chi connectivity index (χ1v) is 6.55. The topological polar surface area (TPSA) is 23.5 Å². The van der Waals surface area contributed by atoms with Crippen LogP contribution < -0.4 is 0 Å². The fourth-order valence-corrected chi connectivity index (χ4v) is 2.86. The number of aromatic hydroxyl groups is 1. The van der Waals surface area contributed by atoms with Gasteiger partial charge in [0.05, 0.1) is 0 Å². The summed E-state index contributed by atoms with van der Waals surface area (Å²) >= 11 is 0. The molecule has 2 rings (SSSR count). The van der Waals surface area contributed by atoms with E-state index in [1.165, 1.54) is 6.42 Å². The Kier molecular flexibility index (Phi) is 3.43. The number of benzene rings is 1. The molecule has 0 bridgehead atoms. The minimum Gasteiger partial charge on any atom is -0.508 e. The molecule has 1 saturated heterocycles. The molecule has 1 aliphatic rings. The normalized spacial score (nSPS) is 21.6. The minimum absolute atomic E-state index is 0.359. The molecule has 0 aliphatic carbocycles. The Morgan fingerprint density at radius 2 is 2.06 bits per heavy atom. The molecular weight excluding hydrogens is 210 g/mol. The van der Waals surface area contributed by atoms with Crippen LogP contribution in [0.2, 0.25) is 0 Å². The molecule has 1 aromatic carbocycles. The Labute approximate surface area is 104 Å². The summed E-state index contributed by atoms with van der Waals surface area (Å²) in [5.41, 5.74) is 1.49. The molecule has 0 aromatic heterocycles. The van der Waals surface area contributed by atoms with Crippen LogP contribution in [0.25, 0.3) is 0 Å². The lowest BCUT2D eigenvalue weighted by Crippen LogP contribution is -2.28. The summed E-state index contributed by atoms with van der Waals surface area (Å²) in [5.74, 6) is 0.434. The maximum Gasteiger partial charge on any atom is 0.120 e. The molecule has 1 heterocycles. The quantitative estimate of drug-likeness (QED) is 0.862. The monoisotopic (exact) mass is 233 g/mol. The van der Waals surface area contributed by atoms with E-state index in [1.807, 2.05) is 12.1 Å². The summed E-state index contributed by atoms with van der Waals surface area (Å²) in [6.07, 6.45) is 2.30. The standard InChI is InChI=1S/C15H23NO/c1-4-13(12-7-5-6-8-14(12)17)16-10-9-15(2,3)11-16/h5-8,13,17H,4,9-11H2,1-3H3. The van der Waals surface area contributed by atoms with Crippen LogP contribution >= 0.6 is 0 Å². The van der Waals surface area contributed by atoms with Gasteiger partial charge in [0.15, 0.2) is 0 Å². The van der Waals surface area contributed by atoms with Gasteiger partial charge in [-0.15, -0.1) is 0 Å². The van der Waals surface area contributed by atoms with Crippen LogP contribution in [0.1, 0.15) is 45.2 Å². The SMILES string of the molecule is CCC(c1ccccc1O)N1CCC(C)(C)C1. The number of hydrogen-bond donors (Lipinski definition) is 1. The van der Waals surface area contributed by atoms with Gasteiger partial charge in [-0.2, -0.15) is 0 Å². The Hall–Kier alpha value is -1.02. The third-order valence-electron chi connectivity index (χ3n) is 3.83. The fraction of sp³-hybridized carbons (Fsp3) is 0.600. The van der Waals surface area contributed by atoms with Gasteiger partial charge in [-0.25, -0.2) is 0 Å². The summed E-state index contributed by atoms with van der Waals surface area (Å²) < 4.78 is 0. The van der Waals surface area contributed by atoms with Crippen molar-refractivity contribution >= 4 is 0 Å². The molecule has 0 spiro atoms. The number of nitrogens with zero attached hydrogens (tertiary/aromatic N) is 1. The van der Waals surface area contributed by atoms with Crippen molar-refractivity contribution in [3.05, 3.63) is 29.8 Å². The van der Waals surface area contributed by atoms with Gasteiger partial charge < -0.3 is 5.11 Å². The van der Waals surface area contributed by atoms with Gasteiger partial charge in [0.2, 0.25) is 0 Å². The van der Waals surface area contributed by atoms with E-state index in [9.17, 15) is 5.11 Å². The summed E-state index contributed by atoms with van der Waals surface area (Å²) in [4.78, 5) is 2.51. The highest BCUT2D eigenvalue weighted by atomic mass is 16.3. The molecule has 0 radical (unpaired) electrons. The zero-order chi connectivity index (χ0) is 12.5. The van der Waals surface area contributed by atoms with Crippen molar-refractivity contribution in [2.45, 2.75) is 39.7 Å². The molecule has 17 heavy (non-hydrogen) atoms. The fourth-order valence-electron chi connectivity index (χ4n) is 2.86. The Balaban J connectivity index is 2.21. The molecule has 1 N–H and O–H groups in total. The van der Waals surface area contributed by atoms with Gasteiger partial charge in [-0.3, -0.25) is 4.90 Å². The number of phenols is 1. The first kappa shape index (κ1) is 12.4. The average molecular weight is 233 g/mol. The maximum absolute atomic E-state index is 9.98. The van der Waals surface area contributed by atoms with Crippen molar-refractivity contribution in [1.82, 2.24) is 4.90 Å². The highest BCUT2D eigenvalue weighted by Gasteiger charge is 2.33. The lowest BCUT2D eigenvalue weighted by molar-refractivity contribution is 0.210. The van der Waals surface area contributed by atoms with E-state index >= 15 is 0 Å². The number of phenolic OH excluding ortho intramolecular Hbond substituents is 1.